The molecule has 0 fully saturated rings. The van der Waals surface area contributed by atoms with Gasteiger partial charge in [0.05, 0.1) is 14.9 Å². The van der Waals surface area contributed by atoms with Gasteiger partial charge in [0.15, 0.2) is 0 Å². The summed E-state index contributed by atoms with van der Waals surface area (Å²) in [4.78, 5) is 3.41. The van der Waals surface area contributed by atoms with Crippen LogP contribution in [-0.4, -0.2) is 19.8 Å². The van der Waals surface area contributed by atoms with E-state index in [9.17, 15) is 0 Å². The summed E-state index contributed by atoms with van der Waals surface area (Å²) in [7, 11) is 0. The van der Waals surface area contributed by atoms with Gasteiger partial charge in [-0.2, -0.15) is 0 Å². The van der Waals surface area contributed by atoms with Crippen molar-refractivity contribution in [3.8, 4) is 0 Å². The smallest absolute Gasteiger partial charge is 0.0647 e. The average Bonchev–Trinajstić information content (AvgIpc) is 1.59. The van der Waals surface area contributed by atoms with Gasteiger partial charge in [-0.3, -0.25) is 4.90 Å². The molecule has 0 saturated carbocycles. The van der Waals surface area contributed by atoms with Crippen molar-refractivity contribution >= 4 is 47.8 Å². The van der Waals surface area contributed by atoms with Gasteiger partial charge in [0.1, 0.15) is 0 Å². The quantitative estimate of drug-likeness (QED) is 0.562. The van der Waals surface area contributed by atoms with Gasteiger partial charge in [0.25, 0.3) is 0 Å². The lowest BCUT2D eigenvalue weighted by Crippen LogP contribution is -2.37. The number of rotatable bonds is 3. The molecule has 0 saturated heterocycles. The topological polar surface area (TPSA) is 3.24 Å². The van der Waals surface area contributed by atoms with Crippen LogP contribution in [0.15, 0.2) is 0 Å². The molecule has 0 N–H and O–H groups in total. The fraction of sp³-hybridized carbons (Fsp3) is 1.00. The molecule has 0 rings (SSSR count). The molecule has 10 heavy (non-hydrogen) atoms. The normalized spacial score (nSPS) is 20.7. The molecule has 0 aromatic heterocycles. The molecule has 1 nitrogen and oxygen atoms in total. The SMILES string of the molecule is CC(Br)N(C(C)Br)C(C)Br. The van der Waals surface area contributed by atoms with Crippen LogP contribution >= 0.6 is 47.8 Å². The molecule has 0 spiro atoms. The summed E-state index contributed by atoms with van der Waals surface area (Å²) in [6.07, 6.45) is 0. The van der Waals surface area contributed by atoms with Crippen LogP contribution in [0.4, 0.5) is 0 Å². The first-order valence-electron chi connectivity index (χ1n) is 3.16. The number of nitrogens with zero attached hydrogens (tertiary/aromatic N) is 1. The van der Waals surface area contributed by atoms with E-state index in [1.165, 1.54) is 0 Å². The van der Waals surface area contributed by atoms with Gasteiger partial charge in [-0.25, -0.2) is 0 Å². The van der Waals surface area contributed by atoms with E-state index in [2.05, 4.69) is 73.5 Å². The highest BCUT2D eigenvalue weighted by molar-refractivity contribution is 9.10. The molecule has 0 aromatic rings. The predicted octanol–water partition coefficient (Wildman–Crippen LogP) is 3.51. The number of alkyl halides is 3. The van der Waals surface area contributed by atoms with E-state index in [0.717, 1.165) is 0 Å². The highest BCUT2D eigenvalue weighted by atomic mass is 79.9. The molecule has 0 radical (unpaired) electrons. The first-order chi connectivity index (χ1) is 4.46. The van der Waals surface area contributed by atoms with E-state index >= 15 is 0 Å². The minimum Gasteiger partial charge on any atom is -0.266 e. The van der Waals surface area contributed by atoms with Gasteiger partial charge in [-0.1, -0.05) is 47.8 Å². The van der Waals surface area contributed by atoms with Crippen molar-refractivity contribution in [1.82, 2.24) is 4.90 Å². The summed E-state index contributed by atoms with van der Waals surface area (Å²) in [5.74, 6) is 0. The van der Waals surface area contributed by atoms with Crippen LogP contribution in [0, 0.1) is 0 Å². The second kappa shape index (κ2) is 5.12. The number of halogens is 3. The van der Waals surface area contributed by atoms with E-state index in [4.69, 9.17) is 0 Å². The third-order valence-corrected chi connectivity index (χ3v) is 2.65. The zero-order chi connectivity index (χ0) is 8.31. The maximum atomic E-state index is 3.51. The molecule has 0 aliphatic rings. The van der Waals surface area contributed by atoms with Crippen molar-refractivity contribution in [3.63, 3.8) is 0 Å². The maximum Gasteiger partial charge on any atom is 0.0647 e. The van der Waals surface area contributed by atoms with Gasteiger partial charge < -0.3 is 0 Å². The second-order valence-corrected chi connectivity index (χ2v) is 6.14. The largest absolute Gasteiger partial charge is 0.266 e. The molecular formula is C6H12Br3N. The number of hydrogen-bond donors (Lipinski definition) is 0. The maximum absolute atomic E-state index is 3.51. The van der Waals surface area contributed by atoms with E-state index in [1.54, 1.807) is 0 Å². The molecule has 0 aliphatic heterocycles. The van der Waals surface area contributed by atoms with Crippen LogP contribution in [0.2, 0.25) is 0 Å². The Balaban J connectivity index is 3.98. The lowest BCUT2D eigenvalue weighted by Gasteiger charge is -2.30. The van der Waals surface area contributed by atoms with Crippen molar-refractivity contribution < 1.29 is 0 Å². The molecule has 0 amide bonds. The third kappa shape index (κ3) is 3.69. The van der Waals surface area contributed by atoms with Crippen LogP contribution in [0.5, 0.6) is 0 Å². The van der Waals surface area contributed by atoms with E-state index in [0.29, 0.717) is 14.9 Å². The van der Waals surface area contributed by atoms with Crippen LogP contribution in [-0.2, 0) is 0 Å². The lowest BCUT2D eigenvalue weighted by atomic mass is 10.5. The van der Waals surface area contributed by atoms with Crippen molar-refractivity contribution in [3.05, 3.63) is 0 Å². The zero-order valence-corrected chi connectivity index (χ0v) is 11.1. The summed E-state index contributed by atoms with van der Waals surface area (Å²) in [5.41, 5.74) is 0. The molecule has 0 heterocycles. The Morgan fingerprint density at radius 1 is 0.800 bits per heavy atom. The van der Waals surface area contributed by atoms with E-state index < -0.39 is 0 Å². The minimum atomic E-state index is 0.385. The second-order valence-electron chi connectivity index (χ2n) is 2.17. The summed E-state index contributed by atoms with van der Waals surface area (Å²) in [5, 5.41) is 0. The Kier molecular flexibility index (Phi) is 5.83. The summed E-state index contributed by atoms with van der Waals surface area (Å²) in [6.45, 7) is 6.32. The minimum absolute atomic E-state index is 0.385. The van der Waals surface area contributed by atoms with Crippen molar-refractivity contribution in [2.45, 2.75) is 35.6 Å². The average molecular weight is 338 g/mol. The highest BCUT2D eigenvalue weighted by Crippen LogP contribution is 2.21. The Morgan fingerprint density at radius 3 is 1.00 bits per heavy atom. The zero-order valence-electron chi connectivity index (χ0n) is 6.31. The molecule has 0 bridgehead atoms. The standard InChI is InChI=1S/C6H12Br3N/c1-4(7)10(5(2)8)6(3)9/h4-6H,1-3H3. The van der Waals surface area contributed by atoms with Gasteiger partial charge >= 0.3 is 0 Å². The van der Waals surface area contributed by atoms with Crippen molar-refractivity contribution in [1.29, 1.82) is 0 Å². The van der Waals surface area contributed by atoms with Crippen LogP contribution in [0.25, 0.3) is 0 Å². The Morgan fingerprint density at radius 2 is 1.00 bits per heavy atom. The van der Waals surface area contributed by atoms with Crippen molar-refractivity contribution in [2.24, 2.45) is 0 Å². The predicted molar refractivity (Wildman–Crippen MR) is 57.0 cm³/mol. The van der Waals surface area contributed by atoms with Crippen molar-refractivity contribution in [2.75, 3.05) is 0 Å². The molecule has 3 unspecified atom stereocenters. The monoisotopic (exact) mass is 335 g/mol. The summed E-state index contributed by atoms with van der Waals surface area (Å²) in [6, 6.07) is 0. The molecule has 0 aliphatic carbocycles. The van der Waals surface area contributed by atoms with Gasteiger partial charge in [0.2, 0.25) is 0 Å². The first-order valence-corrected chi connectivity index (χ1v) is 5.91. The highest BCUT2D eigenvalue weighted by Gasteiger charge is 2.19. The molecule has 0 aromatic carbocycles. The van der Waals surface area contributed by atoms with Crippen LogP contribution < -0.4 is 0 Å². The molecule has 62 valence electrons. The van der Waals surface area contributed by atoms with Crippen LogP contribution in [0.3, 0.4) is 0 Å². The fourth-order valence-electron chi connectivity index (χ4n) is 0.849. The molecular weight excluding hydrogens is 326 g/mol. The molecule has 4 heteroatoms. The van der Waals surface area contributed by atoms with Gasteiger partial charge in [0, 0.05) is 0 Å². The Hall–Kier alpha value is 1.40. The van der Waals surface area contributed by atoms with E-state index in [-0.39, 0.29) is 0 Å². The third-order valence-electron chi connectivity index (χ3n) is 1.23. The van der Waals surface area contributed by atoms with Gasteiger partial charge in [-0.05, 0) is 20.8 Å². The lowest BCUT2D eigenvalue weighted by molar-refractivity contribution is 0.265. The summed E-state index contributed by atoms with van der Waals surface area (Å²) >= 11 is 10.5. The Labute approximate surface area is 87.9 Å². The number of hydrogen-bond acceptors (Lipinski definition) is 1. The first kappa shape index (κ1) is 11.4. The van der Waals surface area contributed by atoms with Gasteiger partial charge in [-0.15, -0.1) is 0 Å². The molecule has 3 atom stereocenters. The van der Waals surface area contributed by atoms with E-state index in [1.807, 2.05) is 0 Å². The summed E-state index contributed by atoms with van der Waals surface area (Å²) < 4.78 is 0. The fourth-order valence-corrected chi connectivity index (χ4v) is 3.93. The van der Waals surface area contributed by atoms with Crippen LogP contribution in [0.1, 0.15) is 20.8 Å². The Bertz CT molecular complexity index is 74.0.